The number of ether oxygens (including phenoxy) is 1. The van der Waals surface area contributed by atoms with Gasteiger partial charge in [-0.05, 0) is 11.6 Å². The van der Waals surface area contributed by atoms with Gasteiger partial charge in [-0.25, -0.2) is 18.4 Å². The van der Waals surface area contributed by atoms with E-state index in [9.17, 15) is 8.42 Å². The smallest absolute Gasteiger partial charge is 0.225 e. The first-order chi connectivity index (χ1) is 14.0. The maximum atomic E-state index is 11.6. The van der Waals surface area contributed by atoms with Gasteiger partial charge in [0.2, 0.25) is 5.28 Å². The highest BCUT2D eigenvalue weighted by Gasteiger charge is 2.35. The maximum Gasteiger partial charge on any atom is 0.225 e. The Morgan fingerprint density at radius 2 is 1.79 bits per heavy atom. The summed E-state index contributed by atoms with van der Waals surface area (Å²) in [5.41, 5.74) is 0.814. The summed E-state index contributed by atoms with van der Waals surface area (Å²) in [6.45, 7) is 6.85. The second kappa shape index (κ2) is 7.86. The van der Waals surface area contributed by atoms with Gasteiger partial charge in [0, 0.05) is 45.3 Å². The van der Waals surface area contributed by atoms with Crippen LogP contribution in [0, 0.1) is 0 Å². The summed E-state index contributed by atoms with van der Waals surface area (Å²) in [7, 11) is -2.83. The molecule has 0 bridgehead atoms. The lowest BCUT2D eigenvalue weighted by molar-refractivity contribution is 0.0334. The zero-order valence-electron chi connectivity index (χ0n) is 16.0. The van der Waals surface area contributed by atoms with Crippen LogP contribution >= 0.6 is 22.9 Å². The number of anilines is 1. The second-order valence-electron chi connectivity index (χ2n) is 7.71. The number of morpholine rings is 1. The fraction of sp³-hybridized carbons (Fsp3) is 0.706. The molecule has 0 unspecified atom stereocenters. The van der Waals surface area contributed by atoms with E-state index in [4.69, 9.17) is 21.3 Å². The summed E-state index contributed by atoms with van der Waals surface area (Å²) < 4.78 is 28.6. The Labute approximate surface area is 178 Å². The van der Waals surface area contributed by atoms with Crippen molar-refractivity contribution in [1.29, 1.82) is 0 Å². The first kappa shape index (κ1) is 19.8. The molecule has 2 aromatic rings. The number of rotatable bonds is 4. The van der Waals surface area contributed by atoms with Crippen LogP contribution in [0.1, 0.15) is 5.01 Å². The molecule has 0 aromatic carbocycles. The highest BCUT2D eigenvalue weighted by molar-refractivity contribution is 7.91. The lowest BCUT2D eigenvalue weighted by Crippen LogP contribution is -2.61. The summed E-state index contributed by atoms with van der Waals surface area (Å²) in [6, 6.07) is 0.443. The van der Waals surface area contributed by atoms with Crippen LogP contribution < -0.4 is 4.90 Å². The molecule has 12 heteroatoms. The fourth-order valence-corrected chi connectivity index (χ4v) is 6.49. The maximum absolute atomic E-state index is 11.6. The SMILES string of the molecule is O=S1(=O)CCN(C2CN(Cc3nc4c(N5CCOCC5)nc(Cl)nc4s3)C2)CC1. The minimum absolute atomic E-state index is 0.248. The van der Waals surface area contributed by atoms with Crippen molar-refractivity contribution in [2.75, 3.05) is 68.9 Å². The first-order valence-corrected chi connectivity index (χ1v) is 12.8. The van der Waals surface area contributed by atoms with Gasteiger partial charge in [0.1, 0.15) is 10.5 Å². The summed E-state index contributed by atoms with van der Waals surface area (Å²) in [5.74, 6) is 1.36. The number of hydrogen-bond acceptors (Lipinski definition) is 10. The van der Waals surface area contributed by atoms with E-state index < -0.39 is 9.84 Å². The average Bonchev–Trinajstić information content (AvgIpc) is 3.07. The van der Waals surface area contributed by atoms with Gasteiger partial charge >= 0.3 is 0 Å². The number of nitrogens with zero attached hydrogens (tertiary/aromatic N) is 6. The molecule has 9 nitrogen and oxygen atoms in total. The van der Waals surface area contributed by atoms with Crippen molar-refractivity contribution >= 4 is 48.9 Å². The van der Waals surface area contributed by atoms with Gasteiger partial charge in [-0.3, -0.25) is 9.80 Å². The number of thiazole rings is 1. The predicted octanol–water partition coefficient (Wildman–Crippen LogP) is 0.491. The van der Waals surface area contributed by atoms with Crippen LogP contribution in [-0.4, -0.2) is 103 Å². The molecule has 0 amide bonds. The predicted molar refractivity (Wildman–Crippen MR) is 113 cm³/mol. The number of sulfone groups is 1. The molecule has 158 valence electrons. The fourth-order valence-electron chi connectivity index (χ4n) is 4.07. The monoisotopic (exact) mass is 458 g/mol. The highest BCUT2D eigenvalue weighted by Crippen LogP contribution is 2.31. The Morgan fingerprint density at radius 3 is 2.52 bits per heavy atom. The number of fused-ring (bicyclic) bond motifs is 1. The molecule has 5 rings (SSSR count). The van der Waals surface area contributed by atoms with Crippen LogP contribution in [0.4, 0.5) is 5.82 Å². The molecule has 0 saturated carbocycles. The molecule has 3 saturated heterocycles. The van der Waals surface area contributed by atoms with Crippen molar-refractivity contribution in [3.63, 3.8) is 0 Å². The standard InChI is InChI=1S/C17H23ClN6O3S2/c18-17-20-15(24-1-5-27-6-2-24)14-16(21-17)28-13(19-14)11-22-9-12(10-22)23-3-7-29(25,26)8-4-23/h12H,1-11H2. The Balaban J connectivity index is 1.25. The number of likely N-dealkylation sites (tertiary alicyclic amines) is 1. The van der Waals surface area contributed by atoms with E-state index in [0.717, 1.165) is 53.9 Å². The van der Waals surface area contributed by atoms with Crippen LogP contribution in [0.5, 0.6) is 0 Å². The van der Waals surface area contributed by atoms with Crippen LogP contribution in [0.25, 0.3) is 10.3 Å². The van der Waals surface area contributed by atoms with E-state index in [0.29, 0.717) is 32.3 Å². The Kier molecular flexibility index (Phi) is 5.37. The Bertz CT molecular complexity index is 990. The third-order valence-electron chi connectivity index (χ3n) is 5.76. The molecular formula is C17H23ClN6O3S2. The lowest BCUT2D eigenvalue weighted by Gasteiger charge is -2.46. The van der Waals surface area contributed by atoms with Crippen molar-refractivity contribution in [3.8, 4) is 0 Å². The van der Waals surface area contributed by atoms with Gasteiger partial charge in [-0.1, -0.05) is 11.3 Å². The summed E-state index contributed by atoms with van der Waals surface area (Å²) in [4.78, 5) is 21.3. The molecule has 0 aliphatic carbocycles. The molecular weight excluding hydrogens is 436 g/mol. The zero-order valence-corrected chi connectivity index (χ0v) is 18.3. The van der Waals surface area contributed by atoms with Crippen molar-refractivity contribution in [2.45, 2.75) is 12.6 Å². The molecule has 0 N–H and O–H groups in total. The molecule has 3 aliphatic heterocycles. The Hall–Kier alpha value is -1.11. The van der Waals surface area contributed by atoms with E-state index in [1.54, 1.807) is 11.3 Å². The molecule has 0 atom stereocenters. The van der Waals surface area contributed by atoms with Gasteiger partial charge in [0.05, 0.1) is 31.3 Å². The molecule has 3 fully saturated rings. The third kappa shape index (κ3) is 4.21. The highest BCUT2D eigenvalue weighted by atomic mass is 35.5. The van der Waals surface area contributed by atoms with E-state index in [1.165, 1.54) is 0 Å². The quantitative estimate of drug-likeness (QED) is 0.607. The van der Waals surface area contributed by atoms with Gasteiger partial charge in [0.25, 0.3) is 0 Å². The summed E-state index contributed by atoms with van der Waals surface area (Å²) in [5, 5.41) is 1.25. The first-order valence-electron chi connectivity index (χ1n) is 9.79. The zero-order chi connectivity index (χ0) is 20.0. The van der Waals surface area contributed by atoms with Crippen LogP contribution in [0.2, 0.25) is 5.28 Å². The van der Waals surface area contributed by atoms with Crippen molar-refractivity contribution in [3.05, 3.63) is 10.3 Å². The number of aromatic nitrogens is 3. The van der Waals surface area contributed by atoms with Crippen molar-refractivity contribution < 1.29 is 13.2 Å². The molecule has 0 radical (unpaired) electrons. The summed E-state index contributed by atoms with van der Waals surface area (Å²) in [6.07, 6.45) is 0. The normalized spacial score (nSPS) is 24.1. The minimum atomic E-state index is -2.83. The molecule has 2 aromatic heterocycles. The van der Waals surface area contributed by atoms with Crippen molar-refractivity contribution in [2.24, 2.45) is 0 Å². The van der Waals surface area contributed by atoms with Gasteiger partial charge in [-0.2, -0.15) is 4.98 Å². The van der Waals surface area contributed by atoms with Crippen LogP contribution in [0.15, 0.2) is 0 Å². The Morgan fingerprint density at radius 1 is 1.07 bits per heavy atom. The van der Waals surface area contributed by atoms with Gasteiger partial charge < -0.3 is 9.64 Å². The topological polar surface area (TPSA) is 91.8 Å². The number of halogens is 1. The largest absolute Gasteiger partial charge is 0.378 e. The second-order valence-corrected chi connectivity index (χ2v) is 11.4. The number of hydrogen-bond donors (Lipinski definition) is 0. The van der Waals surface area contributed by atoms with E-state index >= 15 is 0 Å². The third-order valence-corrected chi connectivity index (χ3v) is 8.47. The van der Waals surface area contributed by atoms with E-state index in [-0.39, 0.29) is 16.8 Å². The van der Waals surface area contributed by atoms with E-state index in [2.05, 4.69) is 24.7 Å². The lowest BCUT2D eigenvalue weighted by atomic mass is 10.1. The van der Waals surface area contributed by atoms with Gasteiger partial charge in [0.15, 0.2) is 20.5 Å². The van der Waals surface area contributed by atoms with E-state index in [1.807, 2.05) is 0 Å². The van der Waals surface area contributed by atoms with Crippen molar-refractivity contribution in [1.82, 2.24) is 24.8 Å². The van der Waals surface area contributed by atoms with Crippen LogP contribution in [0.3, 0.4) is 0 Å². The molecule has 5 heterocycles. The van der Waals surface area contributed by atoms with Gasteiger partial charge in [-0.15, -0.1) is 0 Å². The molecule has 29 heavy (non-hydrogen) atoms. The minimum Gasteiger partial charge on any atom is -0.378 e. The molecule has 3 aliphatic rings. The van der Waals surface area contributed by atoms with Crippen LogP contribution in [-0.2, 0) is 21.1 Å². The summed E-state index contributed by atoms with van der Waals surface area (Å²) >= 11 is 7.73. The molecule has 0 spiro atoms. The average molecular weight is 459 g/mol.